The van der Waals surface area contributed by atoms with Crippen LogP contribution in [-0.2, 0) is 26.2 Å². The molecule has 0 aromatic carbocycles. The third kappa shape index (κ3) is 9.25. The maximum Gasteiger partial charge on any atom is 4.00 e. The average molecular weight is 591 g/mol. The van der Waals surface area contributed by atoms with Crippen LogP contribution in [-0.4, -0.2) is 55.9 Å². The van der Waals surface area contributed by atoms with Crippen LogP contribution < -0.4 is 0 Å². The summed E-state index contributed by atoms with van der Waals surface area (Å²) >= 11 is 0. The van der Waals surface area contributed by atoms with Gasteiger partial charge in [-0.15, -0.1) is 11.1 Å². The van der Waals surface area contributed by atoms with Gasteiger partial charge in [-0.05, 0) is 15.2 Å². The van der Waals surface area contributed by atoms with E-state index in [-0.39, 0.29) is 37.3 Å². The van der Waals surface area contributed by atoms with Crippen molar-refractivity contribution >= 4 is 30.7 Å². The van der Waals surface area contributed by atoms with E-state index in [1.165, 1.54) is 12.8 Å². The summed E-state index contributed by atoms with van der Waals surface area (Å²) in [4.78, 5) is 10.9. The van der Waals surface area contributed by atoms with E-state index in [0.717, 1.165) is 11.1 Å². The zero-order valence-corrected chi connectivity index (χ0v) is 31.4. The Morgan fingerprint density at radius 2 is 0.844 bits per heavy atom. The van der Waals surface area contributed by atoms with E-state index in [1.54, 1.807) is 14.1 Å². The largest absolute Gasteiger partial charge is 4.00 e. The normalized spacial score (nSPS) is 21.7. The molecule has 2 unspecified atom stereocenters. The van der Waals surface area contributed by atoms with Crippen molar-refractivity contribution in [2.75, 3.05) is 14.1 Å². The van der Waals surface area contributed by atoms with Crippen LogP contribution in [0, 0.1) is 5.92 Å². The molecule has 2 atom stereocenters. The van der Waals surface area contributed by atoms with Crippen LogP contribution in [0.15, 0.2) is 0 Å². The zero-order chi connectivity index (χ0) is 25.3. The first-order chi connectivity index (χ1) is 13.5. The quantitative estimate of drug-likeness (QED) is 0.219. The van der Waals surface area contributed by atoms with Gasteiger partial charge in [-0.2, -0.15) is 32.1 Å². The molecule has 0 aromatic rings. The predicted octanol–water partition coefficient (Wildman–Crippen LogP) is 9.06. The van der Waals surface area contributed by atoms with Crippen LogP contribution in [0.25, 0.3) is 15.3 Å². The Morgan fingerprint density at radius 1 is 0.625 bits per heavy atom. The van der Waals surface area contributed by atoms with Crippen LogP contribution in [0.1, 0.15) is 61.3 Å². The van der Waals surface area contributed by atoms with Crippen LogP contribution in [0.3, 0.4) is 0 Å². The molecule has 3 nitrogen and oxygen atoms in total. The molecule has 0 heterocycles. The van der Waals surface area contributed by atoms with Crippen LogP contribution in [0.5, 0.6) is 0 Å². The van der Waals surface area contributed by atoms with Crippen molar-refractivity contribution in [2.45, 2.75) is 136 Å². The van der Waals surface area contributed by atoms with Crippen molar-refractivity contribution in [3.63, 3.8) is 0 Å². The summed E-state index contributed by atoms with van der Waals surface area (Å²) in [5, 5.41) is 3.50. The average Bonchev–Trinajstić information content (AvgIpc) is 2.85. The van der Waals surface area contributed by atoms with Gasteiger partial charge >= 0.3 is 26.2 Å². The zero-order valence-electron chi connectivity index (χ0n) is 24.9. The van der Waals surface area contributed by atoms with Gasteiger partial charge in [0.15, 0.2) is 0 Å². The van der Waals surface area contributed by atoms with Gasteiger partial charge in [-0.25, -0.2) is 0 Å². The first-order valence-corrected chi connectivity index (χ1v) is 26.3. The fraction of sp³-hybridized carbons (Fsp3) is 0.958. The summed E-state index contributed by atoms with van der Waals surface area (Å²) in [6.45, 7) is 37.2. The molecule has 0 amide bonds. The van der Waals surface area contributed by atoms with Crippen molar-refractivity contribution in [1.82, 2.24) is 0 Å². The second-order valence-corrected chi connectivity index (χ2v) is 44.0. The Hall–Kier alpha value is 1.63. The molecule has 1 rings (SSSR count). The third-order valence-electron chi connectivity index (χ3n) is 7.97. The smallest absolute Gasteiger partial charge is 0.668 e. The summed E-state index contributed by atoms with van der Waals surface area (Å²) in [6, 6.07) is 0. The molecule has 1 fully saturated rings. The molecular weight excluding hydrogens is 534 g/mol. The second-order valence-electron chi connectivity index (χ2n) is 14.0. The molecule has 0 aromatic heterocycles. The summed E-state index contributed by atoms with van der Waals surface area (Å²) in [7, 11) is -2.61. The number of hydrogen-bond donors (Lipinski definition) is 0. The molecule has 0 aliphatic heterocycles. The predicted molar refractivity (Wildman–Crippen MR) is 157 cm³/mol. The fourth-order valence-corrected chi connectivity index (χ4v) is 27.1. The molecule has 0 N–H and O–H groups in total. The van der Waals surface area contributed by atoms with Gasteiger partial charge in [0, 0.05) is 0 Å². The molecule has 0 saturated heterocycles. The first kappa shape index (κ1) is 35.8. The standard InChI is InChI=1S/C22H51N2Si4.C2H6N.Zr/c1-18-19(25(8,9)27(12,13)23-21(2,3)4)16-17-20(18)26(10,11)28(14,15)24-22(5,6)7;1-3-2;/h19-20H,16-17H2,1-15H3;1-2H3;/q-3;-1;+4. The van der Waals surface area contributed by atoms with Gasteiger partial charge in [0.2, 0.25) is 0 Å². The summed E-state index contributed by atoms with van der Waals surface area (Å²) in [5.41, 5.74) is 1.91. The van der Waals surface area contributed by atoms with Gasteiger partial charge in [-0.3, -0.25) is 0 Å². The molecule has 1 aliphatic rings. The van der Waals surface area contributed by atoms with E-state index in [4.69, 9.17) is 9.96 Å². The van der Waals surface area contributed by atoms with Gasteiger partial charge in [0.1, 0.15) is 0 Å². The Labute approximate surface area is 226 Å². The van der Waals surface area contributed by atoms with Gasteiger partial charge < -0.3 is 21.2 Å². The van der Waals surface area contributed by atoms with E-state index < -0.39 is 30.7 Å². The number of rotatable bonds is 6. The van der Waals surface area contributed by atoms with E-state index in [1.807, 2.05) is 5.92 Å². The molecule has 8 heteroatoms. The number of hydrogen-bond acceptors (Lipinski definition) is 0. The Balaban J connectivity index is 0. The van der Waals surface area contributed by atoms with E-state index in [9.17, 15) is 0 Å². The van der Waals surface area contributed by atoms with Crippen molar-refractivity contribution in [2.24, 2.45) is 0 Å². The molecule has 1 saturated carbocycles. The molecule has 188 valence electrons. The Kier molecular flexibility index (Phi) is 13.7. The third-order valence-corrected chi connectivity index (χ3v) is 43.4. The molecule has 1 aliphatic carbocycles. The maximum atomic E-state index is 5.47. The van der Waals surface area contributed by atoms with E-state index in [0.29, 0.717) is 0 Å². The van der Waals surface area contributed by atoms with Crippen LogP contribution in [0.2, 0.25) is 63.5 Å². The topological polar surface area (TPSA) is 42.3 Å². The van der Waals surface area contributed by atoms with Gasteiger partial charge in [0.25, 0.3) is 0 Å². The second kappa shape index (κ2) is 12.2. The molecule has 0 radical (unpaired) electrons. The number of nitrogens with zero attached hydrogens (tertiary/aromatic N) is 3. The minimum Gasteiger partial charge on any atom is -0.668 e. The summed E-state index contributed by atoms with van der Waals surface area (Å²) < 4.78 is 0. The monoisotopic (exact) mass is 589 g/mol. The maximum absolute atomic E-state index is 5.47. The Bertz CT molecular complexity index is 519. The SMILES string of the molecule is C[C-]1C([Si](C)(C)[Si](C)(C)[N-]C(C)(C)C)CCC1[Si](C)(C)[Si](C)(C)[N-]C(C)(C)C.C[N-]C.[Zr+4]. The van der Waals surface area contributed by atoms with E-state index >= 15 is 0 Å². The first-order valence-electron chi connectivity index (χ1n) is 12.3. The van der Waals surface area contributed by atoms with E-state index in [2.05, 4.69) is 106 Å². The van der Waals surface area contributed by atoms with Crippen LogP contribution in [0.4, 0.5) is 0 Å². The molecule has 32 heavy (non-hydrogen) atoms. The minimum absolute atomic E-state index is 0. The fourth-order valence-electron chi connectivity index (χ4n) is 5.71. The summed E-state index contributed by atoms with van der Waals surface area (Å²) in [5.74, 6) is 1.86. The minimum atomic E-state index is -1.60. The molecule has 0 spiro atoms. The van der Waals surface area contributed by atoms with Gasteiger partial charge in [0.05, 0.1) is 0 Å². The molecule has 0 bridgehead atoms. The van der Waals surface area contributed by atoms with Crippen molar-refractivity contribution in [3.05, 3.63) is 21.2 Å². The van der Waals surface area contributed by atoms with Gasteiger partial charge in [-0.1, -0.05) is 122 Å². The van der Waals surface area contributed by atoms with Crippen molar-refractivity contribution < 1.29 is 26.2 Å². The van der Waals surface area contributed by atoms with Crippen molar-refractivity contribution in [1.29, 1.82) is 0 Å². The Morgan fingerprint density at radius 3 is 1.03 bits per heavy atom. The summed E-state index contributed by atoms with van der Waals surface area (Å²) in [6.07, 6.45) is 2.84. The van der Waals surface area contributed by atoms with Crippen molar-refractivity contribution in [3.8, 4) is 0 Å². The molecular formula is C24H57N3Si4Zr. The van der Waals surface area contributed by atoms with Crippen LogP contribution >= 0.6 is 0 Å².